The molecule has 0 aliphatic carbocycles. The van der Waals surface area contributed by atoms with Crippen LogP contribution in [0.15, 0.2) is 88.6 Å². The van der Waals surface area contributed by atoms with Crippen molar-refractivity contribution in [1.82, 2.24) is 35.8 Å². The highest BCUT2D eigenvalue weighted by Crippen LogP contribution is 2.20. The quantitative estimate of drug-likeness (QED) is 0.0877. The van der Waals surface area contributed by atoms with Gasteiger partial charge in [-0.1, -0.05) is 74.5 Å². The fraction of sp³-hybridized carbons (Fsp3) is 0.368. The third-order valence-electron chi connectivity index (χ3n) is 8.33. The molecule has 5 aromatic rings. The molecule has 3 N–H and O–H groups in total. The highest BCUT2D eigenvalue weighted by atomic mass is 32.1. The van der Waals surface area contributed by atoms with Gasteiger partial charge in [0.1, 0.15) is 12.6 Å². The smallest absolute Gasteiger partial charge is 0.407 e. The van der Waals surface area contributed by atoms with Crippen LogP contribution in [0, 0.1) is 0 Å². The van der Waals surface area contributed by atoms with Gasteiger partial charge in [0, 0.05) is 48.4 Å². The van der Waals surface area contributed by atoms with Gasteiger partial charge in [0.25, 0.3) is 0 Å². The van der Waals surface area contributed by atoms with Gasteiger partial charge >= 0.3 is 12.1 Å². The summed E-state index contributed by atoms with van der Waals surface area (Å²) in [4.78, 5) is 56.0. The number of nitrogens with zero attached hydrogens (tertiary/aromatic N) is 4. The maximum atomic E-state index is 14.1. The first-order valence-electron chi connectivity index (χ1n) is 17.2. The molecule has 11 nitrogen and oxygen atoms in total. The van der Waals surface area contributed by atoms with Crippen molar-refractivity contribution in [2.45, 2.75) is 83.1 Å². The predicted octanol–water partition coefficient (Wildman–Crippen LogP) is 6.98. The first kappa shape index (κ1) is 38.6. The molecular weight excluding hydrogens is 715 g/mol. The maximum absolute atomic E-state index is 14.1. The summed E-state index contributed by atoms with van der Waals surface area (Å²) in [5.41, 5.74) is 7.08. The van der Waals surface area contributed by atoms with Crippen molar-refractivity contribution in [3.8, 4) is 0 Å². The van der Waals surface area contributed by atoms with Crippen LogP contribution in [0.2, 0.25) is 0 Å². The number of hydrogen-bond donors (Lipinski definition) is 3. The molecule has 3 heterocycles. The zero-order valence-electron chi connectivity index (χ0n) is 29.6. The number of urea groups is 1. The monoisotopic (exact) mass is 759 g/mol. The van der Waals surface area contributed by atoms with Gasteiger partial charge in [0.05, 0.1) is 38.8 Å². The minimum absolute atomic E-state index is 0.144. The minimum Gasteiger partial charge on any atom is -0.444 e. The zero-order chi connectivity index (χ0) is 36.7. The summed E-state index contributed by atoms with van der Waals surface area (Å²) < 4.78 is 5.51. The number of nitrogens with one attached hydrogen (secondary N) is 3. The van der Waals surface area contributed by atoms with Crippen molar-refractivity contribution in [2.24, 2.45) is 0 Å². The summed E-state index contributed by atoms with van der Waals surface area (Å²) in [6.45, 7) is 4.64. The number of carbonyl (C=O) groups is 3. The predicted molar refractivity (Wildman–Crippen MR) is 206 cm³/mol. The van der Waals surface area contributed by atoms with E-state index in [1.165, 1.54) is 27.6 Å². The van der Waals surface area contributed by atoms with Crippen LogP contribution < -0.4 is 16.0 Å². The number of aromatic nitrogens is 3. The molecular formula is C38H45N7O4S3. The molecule has 0 fully saturated rings. The average molecular weight is 760 g/mol. The normalized spacial score (nSPS) is 12.8. The largest absolute Gasteiger partial charge is 0.444 e. The standard InChI is InChI=1S/C38H45N7O4S3/c1-26(2)36-42-32(23-51-36)20-45(3)37(47)44-34(18-31-22-50-25-40-31)35(46)41-29(16-27-10-6-4-7-11-27)14-15-30(17-28-12-8-5-9-13-28)43-38(48)49-21-33-19-39-24-52-33/h4-13,19,22-26,29-30,34H,14-18,20-21H2,1-3H3,(H,41,46)(H,43,48)(H,44,47)/t29-,30-,34+/m1/s1. The van der Waals surface area contributed by atoms with E-state index in [2.05, 4.69) is 44.7 Å². The van der Waals surface area contributed by atoms with Crippen molar-refractivity contribution in [1.29, 1.82) is 0 Å². The van der Waals surface area contributed by atoms with E-state index in [-0.39, 0.29) is 37.0 Å². The summed E-state index contributed by atoms with van der Waals surface area (Å²) in [5, 5.41) is 14.1. The van der Waals surface area contributed by atoms with Crippen molar-refractivity contribution in [3.05, 3.63) is 121 Å². The number of alkyl carbamates (subject to hydrolysis) is 1. The summed E-state index contributed by atoms with van der Waals surface area (Å²) in [5.74, 6) is 0.00303. The van der Waals surface area contributed by atoms with Crippen LogP contribution in [0.4, 0.5) is 9.59 Å². The lowest BCUT2D eigenvalue weighted by Crippen LogP contribution is -2.53. The first-order valence-corrected chi connectivity index (χ1v) is 19.9. The van der Waals surface area contributed by atoms with Crippen LogP contribution in [0.5, 0.6) is 0 Å². The van der Waals surface area contributed by atoms with E-state index in [0.717, 1.165) is 32.4 Å². The Labute approximate surface area is 316 Å². The Morgan fingerprint density at radius 1 is 0.808 bits per heavy atom. The second-order valence-electron chi connectivity index (χ2n) is 12.9. The van der Waals surface area contributed by atoms with E-state index in [1.54, 1.807) is 35.6 Å². The summed E-state index contributed by atoms with van der Waals surface area (Å²) in [7, 11) is 1.70. The van der Waals surface area contributed by atoms with E-state index in [9.17, 15) is 14.4 Å². The fourth-order valence-corrected chi connectivity index (χ4v) is 7.50. The van der Waals surface area contributed by atoms with Gasteiger partial charge in [-0.15, -0.1) is 34.0 Å². The van der Waals surface area contributed by atoms with Gasteiger partial charge in [-0.25, -0.2) is 19.6 Å². The molecule has 52 heavy (non-hydrogen) atoms. The van der Waals surface area contributed by atoms with Crippen LogP contribution in [0.25, 0.3) is 0 Å². The molecule has 0 saturated heterocycles. The second-order valence-corrected chi connectivity index (χ2v) is 15.5. The van der Waals surface area contributed by atoms with E-state index in [1.807, 2.05) is 71.4 Å². The van der Waals surface area contributed by atoms with Gasteiger partial charge < -0.3 is 25.6 Å². The fourth-order valence-electron chi connectivity index (χ4n) is 5.60. The lowest BCUT2D eigenvalue weighted by molar-refractivity contribution is -0.123. The Balaban J connectivity index is 1.28. The van der Waals surface area contributed by atoms with E-state index in [0.29, 0.717) is 38.1 Å². The summed E-state index contributed by atoms with van der Waals surface area (Å²) in [6, 6.07) is 18.1. The van der Waals surface area contributed by atoms with Crippen molar-refractivity contribution in [2.75, 3.05) is 7.05 Å². The molecule has 0 unspecified atom stereocenters. The highest BCUT2D eigenvalue weighted by Gasteiger charge is 2.27. The molecule has 0 radical (unpaired) electrons. The Morgan fingerprint density at radius 3 is 2.06 bits per heavy atom. The molecule has 5 rings (SSSR count). The van der Waals surface area contributed by atoms with E-state index in [4.69, 9.17) is 4.74 Å². The van der Waals surface area contributed by atoms with Crippen molar-refractivity contribution < 1.29 is 19.1 Å². The second kappa shape index (κ2) is 19.8. The lowest BCUT2D eigenvalue weighted by atomic mass is 9.95. The number of rotatable bonds is 18. The van der Waals surface area contributed by atoms with Crippen LogP contribution in [-0.4, -0.2) is 63.1 Å². The van der Waals surface area contributed by atoms with E-state index >= 15 is 0 Å². The molecule has 14 heteroatoms. The van der Waals surface area contributed by atoms with Crippen LogP contribution in [-0.2, 0) is 41.9 Å². The third kappa shape index (κ3) is 12.5. The lowest BCUT2D eigenvalue weighted by Gasteiger charge is -2.27. The number of thiazole rings is 3. The number of carbonyl (C=O) groups excluding carboxylic acids is 3. The molecule has 0 spiro atoms. The average Bonchev–Trinajstić information content (AvgIpc) is 3.95. The number of amides is 4. The Hall–Kier alpha value is -4.66. The molecule has 0 bridgehead atoms. The van der Waals surface area contributed by atoms with Gasteiger partial charge in [0.15, 0.2) is 0 Å². The zero-order valence-corrected chi connectivity index (χ0v) is 32.0. The number of benzene rings is 2. The molecule has 3 aromatic heterocycles. The molecule has 3 atom stereocenters. The molecule has 0 aliphatic heterocycles. The van der Waals surface area contributed by atoms with Gasteiger partial charge in [-0.2, -0.15) is 0 Å². The van der Waals surface area contributed by atoms with Crippen LogP contribution in [0.3, 0.4) is 0 Å². The topological polar surface area (TPSA) is 138 Å². The highest BCUT2D eigenvalue weighted by molar-refractivity contribution is 7.10. The Kier molecular flexibility index (Phi) is 14.7. The SMILES string of the molecule is CC(C)c1nc(CN(C)C(=O)N[C@@H](Cc2cscn2)C(=O)N[C@H](CC[C@H](Cc2ccccc2)NC(=O)OCc2cncs2)Cc2ccccc2)cs1. The van der Waals surface area contributed by atoms with Crippen molar-refractivity contribution >= 4 is 52.0 Å². The molecule has 0 aliphatic rings. The van der Waals surface area contributed by atoms with Crippen LogP contribution >= 0.6 is 34.0 Å². The first-order chi connectivity index (χ1) is 25.2. The summed E-state index contributed by atoms with van der Waals surface area (Å²) in [6.07, 6.45) is 3.71. The van der Waals surface area contributed by atoms with E-state index < -0.39 is 12.1 Å². The third-order valence-corrected chi connectivity index (χ3v) is 10.9. The Morgan fingerprint density at radius 2 is 1.48 bits per heavy atom. The maximum Gasteiger partial charge on any atom is 0.407 e. The number of hydrogen-bond acceptors (Lipinski definition) is 10. The van der Waals surface area contributed by atoms with Gasteiger partial charge in [-0.3, -0.25) is 9.78 Å². The molecule has 0 saturated carbocycles. The van der Waals surface area contributed by atoms with Crippen LogP contribution in [0.1, 0.15) is 65.0 Å². The molecule has 274 valence electrons. The van der Waals surface area contributed by atoms with Crippen molar-refractivity contribution in [3.63, 3.8) is 0 Å². The summed E-state index contributed by atoms with van der Waals surface area (Å²) >= 11 is 4.44. The van der Waals surface area contributed by atoms with Gasteiger partial charge in [0.2, 0.25) is 5.91 Å². The molecule has 4 amide bonds. The minimum atomic E-state index is -0.864. The molecule has 2 aromatic carbocycles. The number of ether oxygens (including phenoxy) is 1. The van der Waals surface area contributed by atoms with Gasteiger partial charge in [-0.05, 0) is 36.8 Å². The Bertz CT molecular complexity index is 1800.